The number of aromatic nitrogens is 3. The third kappa shape index (κ3) is 1.92. The van der Waals surface area contributed by atoms with Crippen molar-refractivity contribution in [3.63, 3.8) is 0 Å². The molecule has 20 heavy (non-hydrogen) atoms. The van der Waals surface area contributed by atoms with Gasteiger partial charge in [0, 0.05) is 38.5 Å². The third-order valence-corrected chi connectivity index (χ3v) is 3.54. The summed E-state index contributed by atoms with van der Waals surface area (Å²) in [6.45, 7) is 0.494. The summed E-state index contributed by atoms with van der Waals surface area (Å²) in [4.78, 5) is 16.4. The molecule has 102 valence electrons. The van der Waals surface area contributed by atoms with Crippen molar-refractivity contribution in [3.8, 4) is 11.4 Å². The van der Waals surface area contributed by atoms with E-state index in [4.69, 9.17) is 5.73 Å². The summed E-state index contributed by atoms with van der Waals surface area (Å²) >= 11 is 0. The maximum Gasteiger partial charge on any atom is 0.250 e. The van der Waals surface area contributed by atoms with Gasteiger partial charge in [-0.15, -0.1) is 0 Å². The van der Waals surface area contributed by atoms with E-state index in [1.807, 2.05) is 35.9 Å². The Labute approximate surface area is 116 Å². The van der Waals surface area contributed by atoms with Crippen LogP contribution in [-0.2, 0) is 20.6 Å². The molecule has 2 heterocycles. The average Bonchev–Trinajstić information content (AvgIpc) is 2.78. The second-order valence-corrected chi connectivity index (χ2v) is 4.89. The number of rotatable bonds is 2. The van der Waals surface area contributed by atoms with E-state index in [0.717, 1.165) is 28.0 Å². The topological polar surface area (TPSA) is 65.8 Å². The van der Waals surface area contributed by atoms with E-state index in [1.165, 1.54) is 0 Å². The number of aryl methyl sites for hydroxylation is 2. The van der Waals surface area contributed by atoms with Gasteiger partial charge in [0.1, 0.15) is 5.82 Å². The van der Waals surface area contributed by atoms with E-state index in [0.29, 0.717) is 6.54 Å². The number of nitrogens with two attached hydrogens (primary N) is 1. The first-order valence-corrected chi connectivity index (χ1v) is 6.42. The number of imidazole rings is 1. The molecule has 5 heteroatoms. The monoisotopic (exact) mass is 268 g/mol. The summed E-state index contributed by atoms with van der Waals surface area (Å²) in [6, 6.07) is 9.49. The van der Waals surface area contributed by atoms with Crippen molar-refractivity contribution in [1.82, 2.24) is 14.1 Å². The predicted octanol–water partition coefficient (Wildman–Crippen LogP) is 1.40. The molecule has 3 rings (SSSR count). The predicted molar refractivity (Wildman–Crippen MR) is 79.3 cm³/mol. The SMILES string of the molecule is Cn1ccc(-c2nc3cc(CN)ccc3n2C)cc1=O. The maximum atomic E-state index is 11.7. The lowest BCUT2D eigenvalue weighted by molar-refractivity contribution is 0.858. The number of fused-ring (bicyclic) bond motifs is 1. The van der Waals surface area contributed by atoms with E-state index in [-0.39, 0.29) is 5.56 Å². The Hall–Kier alpha value is -2.40. The van der Waals surface area contributed by atoms with Crippen molar-refractivity contribution in [3.05, 3.63) is 52.4 Å². The fourth-order valence-electron chi connectivity index (χ4n) is 2.32. The van der Waals surface area contributed by atoms with Crippen LogP contribution in [-0.4, -0.2) is 14.1 Å². The van der Waals surface area contributed by atoms with E-state index in [9.17, 15) is 4.79 Å². The van der Waals surface area contributed by atoms with Gasteiger partial charge < -0.3 is 14.9 Å². The molecule has 0 spiro atoms. The molecular weight excluding hydrogens is 252 g/mol. The Morgan fingerprint density at radius 3 is 2.70 bits per heavy atom. The molecule has 0 bridgehead atoms. The summed E-state index contributed by atoms with van der Waals surface area (Å²) in [6.07, 6.45) is 1.75. The largest absolute Gasteiger partial charge is 0.327 e. The lowest BCUT2D eigenvalue weighted by atomic mass is 10.2. The average molecular weight is 268 g/mol. The molecule has 2 N–H and O–H groups in total. The van der Waals surface area contributed by atoms with Gasteiger partial charge in [0.05, 0.1) is 11.0 Å². The molecule has 1 aromatic carbocycles. The fourth-order valence-corrected chi connectivity index (χ4v) is 2.32. The van der Waals surface area contributed by atoms with Gasteiger partial charge in [0.15, 0.2) is 0 Å². The summed E-state index contributed by atoms with van der Waals surface area (Å²) in [5.41, 5.74) is 9.40. The van der Waals surface area contributed by atoms with Crippen LogP contribution in [0.5, 0.6) is 0 Å². The van der Waals surface area contributed by atoms with Gasteiger partial charge in [-0.25, -0.2) is 4.98 Å². The Morgan fingerprint density at radius 2 is 2.00 bits per heavy atom. The minimum Gasteiger partial charge on any atom is -0.327 e. The summed E-state index contributed by atoms with van der Waals surface area (Å²) in [7, 11) is 3.68. The van der Waals surface area contributed by atoms with Crippen LogP contribution in [0.25, 0.3) is 22.4 Å². The van der Waals surface area contributed by atoms with Crippen LogP contribution in [0.15, 0.2) is 41.3 Å². The molecule has 0 amide bonds. The van der Waals surface area contributed by atoms with Crippen molar-refractivity contribution in [2.45, 2.75) is 6.54 Å². The van der Waals surface area contributed by atoms with Gasteiger partial charge in [-0.3, -0.25) is 4.79 Å². The van der Waals surface area contributed by atoms with Crippen LogP contribution in [0, 0.1) is 0 Å². The molecule has 5 nitrogen and oxygen atoms in total. The molecule has 2 aromatic heterocycles. The van der Waals surface area contributed by atoms with Crippen LogP contribution in [0.1, 0.15) is 5.56 Å². The highest BCUT2D eigenvalue weighted by atomic mass is 16.1. The first-order chi connectivity index (χ1) is 9.60. The van der Waals surface area contributed by atoms with Crippen LogP contribution in [0.2, 0.25) is 0 Å². The molecule has 3 aromatic rings. The molecule has 0 aliphatic heterocycles. The van der Waals surface area contributed by atoms with Gasteiger partial charge in [-0.1, -0.05) is 6.07 Å². The van der Waals surface area contributed by atoms with Crippen molar-refractivity contribution >= 4 is 11.0 Å². The Morgan fingerprint density at radius 1 is 1.20 bits per heavy atom. The molecule has 0 saturated carbocycles. The Kier molecular flexibility index (Phi) is 2.91. The van der Waals surface area contributed by atoms with Crippen LogP contribution < -0.4 is 11.3 Å². The van der Waals surface area contributed by atoms with Gasteiger partial charge in [-0.2, -0.15) is 0 Å². The standard InChI is InChI=1S/C15H16N4O/c1-18-6-5-11(8-14(18)20)15-17-12-7-10(9-16)3-4-13(12)19(15)2/h3-8H,9,16H2,1-2H3. The Bertz CT molecular complexity index is 845. The molecule has 0 aliphatic rings. The highest BCUT2D eigenvalue weighted by Crippen LogP contribution is 2.23. The number of hydrogen-bond acceptors (Lipinski definition) is 3. The van der Waals surface area contributed by atoms with Crippen molar-refractivity contribution in [2.75, 3.05) is 0 Å². The van der Waals surface area contributed by atoms with Gasteiger partial charge in [0.25, 0.3) is 5.56 Å². The Balaban J connectivity index is 2.23. The molecule has 0 saturated heterocycles. The molecule has 0 unspecified atom stereocenters. The van der Waals surface area contributed by atoms with Gasteiger partial charge in [0.2, 0.25) is 0 Å². The van der Waals surface area contributed by atoms with Crippen LogP contribution in [0.4, 0.5) is 0 Å². The van der Waals surface area contributed by atoms with E-state index < -0.39 is 0 Å². The van der Waals surface area contributed by atoms with Crippen LogP contribution in [0.3, 0.4) is 0 Å². The van der Waals surface area contributed by atoms with E-state index in [2.05, 4.69) is 4.98 Å². The van der Waals surface area contributed by atoms with Crippen molar-refractivity contribution in [1.29, 1.82) is 0 Å². The first-order valence-electron chi connectivity index (χ1n) is 6.42. The second kappa shape index (κ2) is 4.61. The lowest BCUT2D eigenvalue weighted by Gasteiger charge is -2.03. The summed E-state index contributed by atoms with van der Waals surface area (Å²) in [5, 5.41) is 0. The summed E-state index contributed by atoms with van der Waals surface area (Å²) in [5.74, 6) is 0.784. The molecule has 0 radical (unpaired) electrons. The summed E-state index contributed by atoms with van der Waals surface area (Å²) < 4.78 is 3.53. The molecular formula is C15H16N4O. The highest BCUT2D eigenvalue weighted by molar-refractivity contribution is 5.81. The lowest BCUT2D eigenvalue weighted by Crippen LogP contribution is -2.14. The zero-order chi connectivity index (χ0) is 14.3. The normalized spacial score (nSPS) is 11.2. The highest BCUT2D eigenvalue weighted by Gasteiger charge is 2.10. The second-order valence-electron chi connectivity index (χ2n) is 4.89. The number of benzene rings is 1. The molecule has 0 fully saturated rings. The van der Waals surface area contributed by atoms with Crippen LogP contribution >= 0.6 is 0 Å². The third-order valence-electron chi connectivity index (χ3n) is 3.54. The van der Waals surface area contributed by atoms with Crippen molar-refractivity contribution < 1.29 is 0 Å². The first kappa shape index (κ1) is 12.6. The quantitative estimate of drug-likeness (QED) is 0.764. The van der Waals surface area contributed by atoms with Crippen molar-refractivity contribution in [2.24, 2.45) is 19.8 Å². The molecule has 0 aliphatic carbocycles. The number of pyridine rings is 1. The van der Waals surface area contributed by atoms with E-state index in [1.54, 1.807) is 23.9 Å². The minimum atomic E-state index is -0.0443. The van der Waals surface area contributed by atoms with Gasteiger partial charge in [-0.05, 0) is 23.8 Å². The fraction of sp³-hybridized carbons (Fsp3) is 0.200. The maximum absolute atomic E-state index is 11.7. The van der Waals surface area contributed by atoms with Gasteiger partial charge >= 0.3 is 0 Å². The zero-order valence-electron chi connectivity index (χ0n) is 11.5. The zero-order valence-corrected chi connectivity index (χ0v) is 11.5. The molecule has 0 atom stereocenters. The number of nitrogens with zero attached hydrogens (tertiary/aromatic N) is 3. The smallest absolute Gasteiger partial charge is 0.250 e. The van der Waals surface area contributed by atoms with E-state index >= 15 is 0 Å². The minimum absolute atomic E-state index is 0.0443. The number of hydrogen-bond donors (Lipinski definition) is 1.